The van der Waals surface area contributed by atoms with Gasteiger partial charge in [0.25, 0.3) is 0 Å². The van der Waals surface area contributed by atoms with E-state index in [1.54, 1.807) is 0 Å². The topological polar surface area (TPSA) is 126 Å². The number of hydrogen-bond donors (Lipinski definition) is 4. The van der Waals surface area contributed by atoms with E-state index >= 15 is 0 Å². The Bertz CT molecular complexity index is 294. The molecular weight excluding hydrogens is 248 g/mol. The maximum absolute atomic E-state index is 11.0. The summed E-state index contributed by atoms with van der Waals surface area (Å²) in [6.45, 7) is 2.87. The molecule has 0 aromatic rings. The van der Waals surface area contributed by atoms with Gasteiger partial charge in [-0.1, -0.05) is 12.7 Å². The molecule has 18 heavy (non-hydrogen) atoms. The van der Waals surface area contributed by atoms with E-state index in [1.807, 2.05) is 0 Å². The molecule has 0 aromatic carbocycles. The average Bonchev–Trinajstić information content (AvgIpc) is 2.36. The molecule has 0 radical (unpaired) electrons. The van der Waals surface area contributed by atoms with Crippen molar-refractivity contribution in [2.45, 2.75) is 30.7 Å². The lowest BCUT2D eigenvalue weighted by Crippen LogP contribution is -2.58. The Hall–Kier alpha value is -1.19. The molecule has 0 bridgehead atoms. The summed E-state index contributed by atoms with van der Waals surface area (Å²) in [7, 11) is 0. The van der Waals surface area contributed by atoms with Crippen molar-refractivity contribution in [3.63, 3.8) is 0 Å². The van der Waals surface area contributed by atoms with Gasteiger partial charge in [0.2, 0.25) is 0 Å². The van der Waals surface area contributed by atoms with Gasteiger partial charge in [0.1, 0.15) is 37.6 Å². The standard InChI is InChI=1S/C10H16O8/c1-2-3-16-10(15)17-4-5-6(11)7(12)8(13)9(14)18-5/h2,5-9,11-14H,1,3-4H2/t5-,6+,7+,8-,9?/m1/s1. The Labute approximate surface area is 103 Å². The average molecular weight is 264 g/mol. The molecule has 1 aliphatic rings. The number of carbonyl (C=O) groups is 1. The summed E-state index contributed by atoms with van der Waals surface area (Å²) >= 11 is 0. The van der Waals surface area contributed by atoms with Gasteiger partial charge < -0.3 is 34.6 Å². The van der Waals surface area contributed by atoms with Crippen molar-refractivity contribution in [3.8, 4) is 0 Å². The fourth-order valence-electron chi connectivity index (χ4n) is 1.39. The zero-order valence-corrected chi connectivity index (χ0v) is 9.51. The van der Waals surface area contributed by atoms with Crippen molar-refractivity contribution in [3.05, 3.63) is 12.7 Å². The summed E-state index contributed by atoms with van der Waals surface area (Å²) < 4.78 is 13.9. The molecule has 1 rings (SSSR count). The maximum Gasteiger partial charge on any atom is 0.508 e. The van der Waals surface area contributed by atoms with Crippen molar-refractivity contribution in [2.75, 3.05) is 13.2 Å². The molecule has 1 saturated heterocycles. The van der Waals surface area contributed by atoms with Gasteiger partial charge in [-0.15, -0.1) is 0 Å². The third-order valence-corrected chi connectivity index (χ3v) is 2.37. The van der Waals surface area contributed by atoms with E-state index in [1.165, 1.54) is 6.08 Å². The highest BCUT2D eigenvalue weighted by Crippen LogP contribution is 2.20. The van der Waals surface area contributed by atoms with Crippen molar-refractivity contribution in [2.24, 2.45) is 0 Å². The zero-order chi connectivity index (χ0) is 13.7. The molecule has 1 fully saturated rings. The van der Waals surface area contributed by atoms with E-state index in [0.717, 1.165) is 0 Å². The Morgan fingerprint density at radius 2 is 1.83 bits per heavy atom. The quantitative estimate of drug-likeness (QED) is 0.343. The van der Waals surface area contributed by atoms with Crippen molar-refractivity contribution in [1.29, 1.82) is 0 Å². The molecule has 0 spiro atoms. The second-order valence-electron chi connectivity index (χ2n) is 3.70. The monoisotopic (exact) mass is 264 g/mol. The predicted molar refractivity (Wildman–Crippen MR) is 56.4 cm³/mol. The first-order valence-corrected chi connectivity index (χ1v) is 5.25. The second kappa shape index (κ2) is 6.66. The van der Waals surface area contributed by atoms with Crippen LogP contribution in [-0.4, -0.2) is 70.5 Å². The van der Waals surface area contributed by atoms with Crippen LogP contribution in [0.5, 0.6) is 0 Å². The van der Waals surface area contributed by atoms with Gasteiger partial charge in [0, 0.05) is 0 Å². The number of ether oxygens (including phenoxy) is 3. The molecule has 0 amide bonds. The Balaban J connectivity index is 2.42. The molecule has 1 unspecified atom stereocenters. The third-order valence-electron chi connectivity index (χ3n) is 2.37. The van der Waals surface area contributed by atoms with Crippen LogP contribution in [0.3, 0.4) is 0 Å². The predicted octanol–water partition coefficient (Wildman–Crippen LogP) is -1.87. The Kier molecular flexibility index (Phi) is 5.51. The summed E-state index contributed by atoms with van der Waals surface area (Å²) in [6, 6.07) is 0. The molecule has 0 aliphatic carbocycles. The van der Waals surface area contributed by atoms with Crippen LogP contribution >= 0.6 is 0 Å². The molecule has 8 heteroatoms. The van der Waals surface area contributed by atoms with Crippen LogP contribution in [0.15, 0.2) is 12.7 Å². The summed E-state index contributed by atoms with van der Waals surface area (Å²) in [5.74, 6) is 0. The van der Waals surface area contributed by atoms with E-state index in [9.17, 15) is 25.2 Å². The van der Waals surface area contributed by atoms with Gasteiger partial charge in [-0.25, -0.2) is 4.79 Å². The van der Waals surface area contributed by atoms with Crippen LogP contribution < -0.4 is 0 Å². The van der Waals surface area contributed by atoms with Crippen LogP contribution in [-0.2, 0) is 14.2 Å². The largest absolute Gasteiger partial charge is 0.508 e. The maximum atomic E-state index is 11.0. The minimum absolute atomic E-state index is 0.0309. The second-order valence-corrected chi connectivity index (χ2v) is 3.70. The lowest BCUT2D eigenvalue weighted by atomic mass is 9.99. The van der Waals surface area contributed by atoms with Gasteiger partial charge in [0.05, 0.1) is 0 Å². The van der Waals surface area contributed by atoms with Gasteiger partial charge in [-0.2, -0.15) is 0 Å². The lowest BCUT2D eigenvalue weighted by molar-refractivity contribution is -0.286. The minimum Gasteiger partial charge on any atom is -0.431 e. The van der Waals surface area contributed by atoms with Gasteiger partial charge in [-0.05, 0) is 0 Å². The van der Waals surface area contributed by atoms with Crippen molar-refractivity contribution in [1.82, 2.24) is 0 Å². The van der Waals surface area contributed by atoms with E-state index in [0.29, 0.717) is 0 Å². The summed E-state index contributed by atoms with van der Waals surface area (Å²) in [6.07, 6.45) is -7.18. The molecule has 8 nitrogen and oxygen atoms in total. The van der Waals surface area contributed by atoms with Gasteiger partial charge >= 0.3 is 6.16 Å². The molecule has 1 aliphatic heterocycles. The number of aliphatic hydroxyl groups is 4. The number of rotatable bonds is 4. The van der Waals surface area contributed by atoms with Crippen LogP contribution in [0, 0.1) is 0 Å². The van der Waals surface area contributed by atoms with Crippen molar-refractivity contribution >= 4 is 6.16 Å². The number of carbonyl (C=O) groups excluding carboxylic acids is 1. The Morgan fingerprint density at radius 1 is 1.17 bits per heavy atom. The highest BCUT2D eigenvalue weighted by Gasteiger charge is 2.43. The van der Waals surface area contributed by atoms with Crippen LogP contribution in [0.2, 0.25) is 0 Å². The van der Waals surface area contributed by atoms with E-state index in [4.69, 9.17) is 4.74 Å². The molecule has 0 aromatic heterocycles. The van der Waals surface area contributed by atoms with E-state index < -0.39 is 43.5 Å². The molecule has 0 saturated carbocycles. The first kappa shape index (κ1) is 14.9. The summed E-state index contributed by atoms with van der Waals surface area (Å²) in [5.41, 5.74) is 0. The lowest BCUT2D eigenvalue weighted by Gasteiger charge is -2.37. The molecule has 104 valence electrons. The first-order valence-electron chi connectivity index (χ1n) is 5.25. The smallest absolute Gasteiger partial charge is 0.431 e. The van der Waals surface area contributed by atoms with Crippen LogP contribution in [0.25, 0.3) is 0 Å². The zero-order valence-electron chi connectivity index (χ0n) is 9.51. The normalized spacial score (nSPS) is 35.9. The van der Waals surface area contributed by atoms with Crippen LogP contribution in [0.1, 0.15) is 0 Å². The summed E-state index contributed by atoms with van der Waals surface area (Å²) in [4.78, 5) is 11.0. The minimum atomic E-state index is -1.67. The Morgan fingerprint density at radius 3 is 2.44 bits per heavy atom. The first-order chi connectivity index (χ1) is 8.47. The highest BCUT2D eigenvalue weighted by atomic mass is 16.7. The van der Waals surface area contributed by atoms with Gasteiger partial charge in [0.15, 0.2) is 6.29 Å². The van der Waals surface area contributed by atoms with E-state index in [-0.39, 0.29) is 6.61 Å². The van der Waals surface area contributed by atoms with E-state index in [2.05, 4.69) is 16.1 Å². The van der Waals surface area contributed by atoms with Crippen molar-refractivity contribution < 1.29 is 39.4 Å². The third kappa shape index (κ3) is 3.65. The number of hydrogen-bond acceptors (Lipinski definition) is 8. The molecular formula is C10H16O8. The van der Waals surface area contributed by atoms with Gasteiger partial charge in [-0.3, -0.25) is 0 Å². The SMILES string of the molecule is C=CCOC(=O)OC[C@H]1OC(O)[C@H](O)[C@@H](O)[C@H]1O. The summed E-state index contributed by atoms with van der Waals surface area (Å²) in [5, 5.41) is 37.3. The fraction of sp³-hybridized carbons (Fsp3) is 0.700. The molecule has 4 N–H and O–H groups in total. The fourth-order valence-corrected chi connectivity index (χ4v) is 1.39. The number of aliphatic hydroxyl groups excluding tert-OH is 4. The highest BCUT2D eigenvalue weighted by molar-refractivity contribution is 5.59. The molecule has 5 atom stereocenters. The van der Waals surface area contributed by atoms with Crippen LogP contribution in [0.4, 0.5) is 4.79 Å². The molecule has 1 heterocycles.